The number of anilines is 1. The van der Waals surface area contributed by atoms with Crippen LogP contribution in [0.2, 0.25) is 5.02 Å². The molecule has 17 heavy (non-hydrogen) atoms. The average Bonchev–Trinajstić information content (AvgIpc) is 2.29. The number of halogens is 1. The molecule has 0 fully saturated rings. The lowest BCUT2D eigenvalue weighted by molar-refractivity contribution is -0.116. The molecule has 1 aromatic rings. The van der Waals surface area contributed by atoms with Crippen LogP contribution in [0.5, 0.6) is 0 Å². The van der Waals surface area contributed by atoms with Gasteiger partial charge in [0.25, 0.3) is 0 Å². The van der Waals surface area contributed by atoms with Crippen molar-refractivity contribution in [2.24, 2.45) is 0 Å². The first-order valence-electron chi connectivity index (χ1n) is 5.90. The summed E-state index contributed by atoms with van der Waals surface area (Å²) in [6, 6.07) is 5.48. The average molecular weight is 255 g/mol. The van der Waals surface area contributed by atoms with Crippen molar-refractivity contribution in [3.63, 3.8) is 0 Å². The minimum atomic E-state index is 0.0129. The van der Waals surface area contributed by atoms with Gasteiger partial charge in [0.2, 0.25) is 5.91 Å². The first kappa shape index (κ1) is 14.0. The number of nitrogens with one attached hydrogen (secondary N) is 2. The van der Waals surface area contributed by atoms with Gasteiger partial charge in [-0.1, -0.05) is 24.6 Å². The zero-order chi connectivity index (χ0) is 12.7. The quantitative estimate of drug-likeness (QED) is 0.767. The third-order valence-corrected chi connectivity index (χ3v) is 2.66. The molecule has 0 saturated heterocycles. The first-order valence-corrected chi connectivity index (χ1v) is 6.28. The van der Waals surface area contributed by atoms with Crippen LogP contribution in [0.25, 0.3) is 0 Å². The van der Waals surface area contributed by atoms with E-state index in [0.717, 1.165) is 24.2 Å². The molecule has 0 aliphatic rings. The monoisotopic (exact) mass is 254 g/mol. The molecule has 0 heterocycles. The van der Waals surface area contributed by atoms with Crippen LogP contribution in [-0.2, 0) is 4.79 Å². The number of carbonyl (C=O) groups is 1. The molecular formula is C13H19ClN2O. The predicted molar refractivity (Wildman–Crippen MR) is 72.6 cm³/mol. The van der Waals surface area contributed by atoms with E-state index < -0.39 is 0 Å². The molecule has 0 saturated carbocycles. The molecule has 3 nitrogen and oxygen atoms in total. The first-order chi connectivity index (χ1) is 8.13. The third kappa shape index (κ3) is 5.20. The fourth-order valence-electron chi connectivity index (χ4n) is 1.45. The number of hydrogen-bond acceptors (Lipinski definition) is 2. The summed E-state index contributed by atoms with van der Waals surface area (Å²) in [5.74, 6) is 0.0129. The van der Waals surface area contributed by atoms with Crippen LogP contribution in [-0.4, -0.2) is 19.0 Å². The number of hydrogen-bond donors (Lipinski definition) is 2. The highest BCUT2D eigenvalue weighted by Gasteiger charge is 2.04. The molecule has 0 radical (unpaired) electrons. The van der Waals surface area contributed by atoms with Gasteiger partial charge < -0.3 is 10.6 Å². The number of amides is 1. The predicted octanol–water partition coefficient (Wildman–Crippen LogP) is 2.98. The zero-order valence-corrected chi connectivity index (χ0v) is 11.1. The normalized spacial score (nSPS) is 10.3. The molecule has 1 aromatic carbocycles. The number of aryl methyl sites for hydroxylation is 1. The number of rotatable bonds is 6. The van der Waals surface area contributed by atoms with Gasteiger partial charge in [-0.05, 0) is 37.6 Å². The minimum Gasteiger partial charge on any atom is -0.326 e. The van der Waals surface area contributed by atoms with Gasteiger partial charge in [0.15, 0.2) is 0 Å². The molecular weight excluding hydrogens is 236 g/mol. The van der Waals surface area contributed by atoms with Crippen LogP contribution in [0, 0.1) is 6.92 Å². The van der Waals surface area contributed by atoms with Crippen LogP contribution in [0.15, 0.2) is 18.2 Å². The Hall–Kier alpha value is -1.06. The van der Waals surface area contributed by atoms with Crippen molar-refractivity contribution in [3.8, 4) is 0 Å². The van der Waals surface area contributed by atoms with Crippen molar-refractivity contribution >= 4 is 23.2 Å². The topological polar surface area (TPSA) is 41.1 Å². The summed E-state index contributed by atoms with van der Waals surface area (Å²) < 4.78 is 0. The minimum absolute atomic E-state index is 0.0129. The van der Waals surface area contributed by atoms with Gasteiger partial charge >= 0.3 is 0 Å². The van der Waals surface area contributed by atoms with Gasteiger partial charge in [-0.3, -0.25) is 4.79 Å². The van der Waals surface area contributed by atoms with E-state index in [0.29, 0.717) is 18.0 Å². The molecule has 0 unspecified atom stereocenters. The maximum atomic E-state index is 11.6. The van der Waals surface area contributed by atoms with Crippen LogP contribution >= 0.6 is 11.6 Å². The van der Waals surface area contributed by atoms with Crippen molar-refractivity contribution in [2.75, 3.05) is 18.4 Å². The number of benzene rings is 1. The fourth-order valence-corrected chi connectivity index (χ4v) is 1.62. The molecule has 0 aliphatic heterocycles. The maximum Gasteiger partial charge on any atom is 0.225 e. The second kappa shape index (κ2) is 7.30. The summed E-state index contributed by atoms with van der Waals surface area (Å²) in [7, 11) is 0. The van der Waals surface area contributed by atoms with Gasteiger partial charge in [-0.2, -0.15) is 0 Å². The van der Waals surface area contributed by atoms with E-state index >= 15 is 0 Å². The molecule has 94 valence electrons. The van der Waals surface area contributed by atoms with Crippen molar-refractivity contribution in [1.82, 2.24) is 5.32 Å². The second-order valence-corrected chi connectivity index (χ2v) is 4.44. The lowest BCUT2D eigenvalue weighted by atomic mass is 10.2. The Balaban J connectivity index is 2.42. The molecule has 0 bridgehead atoms. The standard InChI is InChI=1S/C13H19ClN2O/c1-3-7-15-8-6-13(17)16-12-9-11(14)5-4-10(12)2/h4-5,9,15H,3,6-8H2,1-2H3,(H,16,17). The van der Waals surface area contributed by atoms with E-state index in [2.05, 4.69) is 17.6 Å². The summed E-state index contributed by atoms with van der Waals surface area (Å²) in [4.78, 5) is 11.6. The molecule has 4 heteroatoms. The van der Waals surface area contributed by atoms with Crippen molar-refractivity contribution in [1.29, 1.82) is 0 Å². The van der Waals surface area contributed by atoms with Gasteiger partial charge in [-0.15, -0.1) is 0 Å². The summed E-state index contributed by atoms with van der Waals surface area (Å²) in [6.07, 6.45) is 1.56. The molecule has 2 N–H and O–H groups in total. The Labute approximate surface area is 108 Å². The maximum absolute atomic E-state index is 11.6. The van der Waals surface area contributed by atoms with Gasteiger partial charge in [0, 0.05) is 23.7 Å². The van der Waals surface area contributed by atoms with E-state index in [-0.39, 0.29) is 5.91 Å². The van der Waals surface area contributed by atoms with Gasteiger partial charge in [0.05, 0.1) is 0 Å². The van der Waals surface area contributed by atoms with E-state index in [9.17, 15) is 4.79 Å². The summed E-state index contributed by atoms with van der Waals surface area (Å²) in [6.45, 7) is 5.70. The van der Waals surface area contributed by atoms with Crippen LogP contribution in [0.3, 0.4) is 0 Å². The Kier molecular flexibility index (Phi) is 6.01. The summed E-state index contributed by atoms with van der Waals surface area (Å²) in [5.41, 5.74) is 1.81. The third-order valence-electron chi connectivity index (χ3n) is 2.43. The van der Waals surface area contributed by atoms with Crippen molar-refractivity contribution in [2.45, 2.75) is 26.7 Å². The van der Waals surface area contributed by atoms with E-state index in [4.69, 9.17) is 11.6 Å². The van der Waals surface area contributed by atoms with Crippen LogP contribution in [0.4, 0.5) is 5.69 Å². The second-order valence-electron chi connectivity index (χ2n) is 4.01. The van der Waals surface area contributed by atoms with E-state index in [1.54, 1.807) is 6.07 Å². The van der Waals surface area contributed by atoms with Crippen molar-refractivity contribution < 1.29 is 4.79 Å². The molecule has 0 spiro atoms. The lowest BCUT2D eigenvalue weighted by Crippen LogP contribution is -2.22. The molecule has 1 amide bonds. The molecule has 0 aliphatic carbocycles. The summed E-state index contributed by atoms with van der Waals surface area (Å²) >= 11 is 5.88. The van der Waals surface area contributed by atoms with Crippen molar-refractivity contribution in [3.05, 3.63) is 28.8 Å². The van der Waals surface area contributed by atoms with Crippen LogP contribution in [0.1, 0.15) is 25.3 Å². The smallest absolute Gasteiger partial charge is 0.225 e. The Morgan fingerprint density at radius 1 is 1.35 bits per heavy atom. The largest absolute Gasteiger partial charge is 0.326 e. The zero-order valence-electron chi connectivity index (χ0n) is 10.3. The van der Waals surface area contributed by atoms with Crippen LogP contribution < -0.4 is 10.6 Å². The molecule has 1 rings (SSSR count). The SMILES string of the molecule is CCCNCCC(=O)Nc1cc(Cl)ccc1C. The highest BCUT2D eigenvalue weighted by Crippen LogP contribution is 2.20. The highest BCUT2D eigenvalue weighted by molar-refractivity contribution is 6.31. The van der Waals surface area contributed by atoms with Gasteiger partial charge in [-0.25, -0.2) is 0 Å². The highest BCUT2D eigenvalue weighted by atomic mass is 35.5. The van der Waals surface area contributed by atoms with E-state index in [1.165, 1.54) is 0 Å². The lowest BCUT2D eigenvalue weighted by Gasteiger charge is -2.09. The molecule has 0 atom stereocenters. The number of carbonyl (C=O) groups excluding carboxylic acids is 1. The molecule has 0 aromatic heterocycles. The fraction of sp³-hybridized carbons (Fsp3) is 0.462. The summed E-state index contributed by atoms with van der Waals surface area (Å²) in [5, 5.41) is 6.69. The van der Waals surface area contributed by atoms with Gasteiger partial charge in [0.1, 0.15) is 0 Å². The Morgan fingerprint density at radius 2 is 2.12 bits per heavy atom. The Bertz CT molecular complexity index is 380. The Morgan fingerprint density at radius 3 is 2.82 bits per heavy atom. The van der Waals surface area contributed by atoms with E-state index in [1.807, 2.05) is 19.1 Å².